The molecular formula is C22H21N7O. The molecule has 0 radical (unpaired) electrons. The monoisotopic (exact) mass is 399 g/mol. The number of likely N-dealkylation sites (tertiary alicyclic amines) is 1. The summed E-state index contributed by atoms with van der Waals surface area (Å²) in [5.74, 6) is 0.383. The van der Waals surface area contributed by atoms with Gasteiger partial charge in [0.1, 0.15) is 11.8 Å². The second-order valence-electron chi connectivity index (χ2n) is 7.50. The molecule has 0 saturated carbocycles. The van der Waals surface area contributed by atoms with Gasteiger partial charge in [-0.05, 0) is 36.6 Å². The van der Waals surface area contributed by atoms with Crippen LogP contribution in [0.15, 0.2) is 61.7 Å². The van der Waals surface area contributed by atoms with Crippen LogP contribution < -0.4 is 0 Å². The molecule has 4 aromatic rings. The molecule has 0 aromatic carbocycles. The standard InChI is InChI=1S/C22H21N7O/c30-22(28-8-4-17(5-9-28)19-3-7-24-14-26-19)18-10-20-21(25-12-18)29(15-27-20)13-16-2-1-6-23-11-16/h1-3,6-7,10-12,14-15,17H,4-5,8-9,13H2. The first-order valence-electron chi connectivity index (χ1n) is 10.0. The molecular weight excluding hydrogens is 378 g/mol. The van der Waals surface area contributed by atoms with Crippen molar-refractivity contribution in [3.05, 3.63) is 78.5 Å². The summed E-state index contributed by atoms with van der Waals surface area (Å²) >= 11 is 0. The molecule has 0 aliphatic carbocycles. The number of aromatic nitrogens is 6. The summed E-state index contributed by atoms with van der Waals surface area (Å²) in [6.45, 7) is 2.06. The zero-order chi connectivity index (χ0) is 20.3. The summed E-state index contributed by atoms with van der Waals surface area (Å²) < 4.78 is 1.97. The Balaban J connectivity index is 1.29. The lowest BCUT2D eigenvalue weighted by molar-refractivity contribution is 0.0712. The van der Waals surface area contributed by atoms with Gasteiger partial charge in [-0.25, -0.2) is 19.9 Å². The number of pyridine rings is 2. The summed E-state index contributed by atoms with van der Waals surface area (Å²) in [6.07, 6.45) is 12.2. The normalized spacial score (nSPS) is 14.9. The highest BCUT2D eigenvalue weighted by molar-refractivity contribution is 5.96. The van der Waals surface area contributed by atoms with Gasteiger partial charge in [-0.3, -0.25) is 9.78 Å². The summed E-state index contributed by atoms with van der Waals surface area (Å²) in [5, 5.41) is 0. The van der Waals surface area contributed by atoms with Gasteiger partial charge in [-0.2, -0.15) is 0 Å². The van der Waals surface area contributed by atoms with Crippen LogP contribution in [0.5, 0.6) is 0 Å². The summed E-state index contributed by atoms with van der Waals surface area (Å²) in [4.78, 5) is 36.4. The van der Waals surface area contributed by atoms with Gasteiger partial charge >= 0.3 is 0 Å². The quantitative estimate of drug-likeness (QED) is 0.524. The molecule has 0 spiro atoms. The van der Waals surface area contributed by atoms with E-state index in [1.54, 1.807) is 31.2 Å². The van der Waals surface area contributed by atoms with Gasteiger partial charge in [0.2, 0.25) is 0 Å². The summed E-state index contributed by atoms with van der Waals surface area (Å²) in [5.41, 5.74) is 4.19. The Kier molecular flexibility index (Phi) is 4.88. The molecule has 0 N–H and O–H groups in total. The van der Waals surface area contributed by atoms with E-state index in [1.165, 1.54) is 0 Å². The van der Waals surface area contributed by atoms with Crippen LogP contribution in [0, 0.1) is 0 Å². The third kappa shape index (κ3) is 3.63. The molecule has 8 heteroatoms. The van der Waals surface area contributed by atoms with Crippen LogP contribution in [0.25, 0.3) is 11.2 Å². The number of piperidine rings is 1. The van der Waals surface area contributed by atoms with Crippen LogP contribution in [0.4, 0.5) is 0 Å². The second-order valence-corrected chi connectivity index (χ2v) is 7.50. The molecule has 5 rings (SSSR count). The molecule has 8 nitrogen and oxygen atoms in total. The van der Waals surface area contributed by atoms with Gasteiger partial charge in [0.05, 0.1) is 18.4 Å². The summed E-state index contributed by atoms with van der Waals surface area (Å²) in [6, 6.07) is 7.72. The van der Waals surface area contributed by atoms with Crippen LogP contribution >= 0.6 is 0 Å². The number of hydrogen-bond donors (Lipinski definition) is 0. The topological polar surface area (TPSA) is 89.7 Å². The molecule has 0 bridgehead atoms. The van der Waals surface area contributed by atoms with Gasteiger partial charge in [0, 0.05) is 49.5 Å². The van der Waals surface area contributed by atoms with Crippen LogP contribution in [-0.4, -0.2) is 53.4 Å². The Hall–Kier alpha value is -3.68. The van der Waals surface area contributed by atoms with Crippen molar-refractivity contribution in [2.75, 3.05) is 13.1 Å². The molecule has 0 atom stereocenters. The minimum absolute atomic E-state index is 0.00680. The minimum atomic E-state index is 0.00680. The van der Waals surface area contributed by atoms with Crippen LogP contribution in [0.2, 0.25) is 0 Å². The van der Waals surface area contributed by atoms with Gasteiger partial charge in [0.15, 0.2) is 5.65 Å². The molecule has 1 aliphatic rings. The predicted octanol–water partition coefficient (Wildman–Crippen LogP) is 2.68. The molecule has 4 aromatic heterocycles. The van der Waals surface area contributed by atoms with Crippen molar-refractivity contribution in [1.29, 1.82) is 0 Å². The van der Waals surface area contributed by atoms with E-state index in [1.807, 2.05) is 39.9 Å². The largest absolute Gasteiger partial charge is 0.339 e. The van der Waals surface area contributed by atoms with Crippen molar-refractivity contribution in [3.8, 4) is 0 Å². The molecule has 1 amide bonds. The first-order valence-corrected chi connectivity index (χ1v) is 10.0. The lowest BCUT2D eigenvalue weighted by Crippen LogP contribution is -2.38. The van der Waals surface area contributed by atoms with Crippen LogP contribution in [0.3, 0.4) is 0 Å². The minimum Gasteiger partial charge on any atom is -0.339 e. The van der Waals surface area contributed by atoms with Gasteiger partial charge in [-0.15, -0.1) is 0 Å². The molecule has 30 heavy (non-hydrogen) atoms. The number of rotatable bonds is 4. The number of hydrogen-bond acceptors (Lipinski definition) is 6. The van der Waals surface area contributed by atoms with Gasteiger partial charge < -0.3 is 9.47 Å². The number of carbonyl (C=O) groups excluding carboxylic acids is 1. The average Bonchev–Trinajstić information content (AvgIpc) is 3.22. The second kappa shape index (κ2) is 7.98. The molecule has 1 aliphatic heterocycles. The highest BCUT2D eigenvalue weighted by Gasteiger charge is 2.25. The highest BCUT2D eigenvalue weighted by atomic mass is 16.2. The maximum atomic E-state index is 13.0. The fourth-order valence-electron chi connectivity index (χ4n) is 3.97. The van der Waals surface area contributed by atoms with Crippen molar-refractivity contribution in [2.24, 2.45) is 0 Å². The number of fused-ring (bicyclic) bond motifs is 1. The van der Waals surface area contributed by atoms with E-state index in [-0.39, 0.29) is 5.91 Å². The SMILES string of the molecule is O=C(c1cnc2c(c1)ncn2Cc1cccnc1)N1CCC(c2ccncn2)CC1. The van der Waals surface area contributed by atoms with Crippen molar-refractivity contribution >= 4 is 17.1 Å². The lowest BCUT2D eigenvalue weighted by Gasteiger charge is -2.31. The predicted molar refractivity (Wildman–Crippen MR) is 111 cm³/mol. The fourth-order valence-corrected chi connectivity index (χ4v) is 3.97. The number of amides is 1. The van der Waals surface area contributed by atoms with Crippen molar-refractivity contribution in [1.82, 2.24) is 34.4 Å². The summed E-state index contributed by atoms with van der Waals surface area (Å²) in [7, 11) is 0. The van der Waals surface area contributed by atoms with E-state index in [0.29, 0.717) is 31.1 Å². The van der Waals surface area contributed by atoms with Crippen LogP contribution in [-0.2, 0) is 6.54 Å². The van der Waals surface area contributed by atoms with Crippen LogP contribution in [0.1, 0.15) is 40.4 Å². The van der Waals surface area contributed by atoms with E-state index in [0.717, 1.165) is 35.3 Å². The Morgan fingerprint density at radius 3 is 2.70 bits per heavy atom. The van der Waals surface area contributed by atoms with Crippen molar-refractivity contribution in [3.63, 3.8) is 0 Å². The van der Waals surface area contributed by atoms with Gasteiger partial charge in [-0.1, -0.05) is 6.07 Å². The first kappa shape index (κ1) is 18.4. The molecule has 150 valence electrons. The van der Waals surface area contributed by atoms with Gasteiger partial charge in [0.25, 0.3) is 5.91 Å². The van der Waals surface area contributed by atoms with E-state index < -0.39 is 0 Å². The smallest absolute Gasteiger partial charge is 0.255 e. The molecule has 5 heterocycles. The Morgan fingerprint density at radius 1 is 1.03 bits per heavy atom. The Bertz CT molecular complexity index is 1150. The highest BCUT2D eigenvalue weighted by Crippen LogP contribution is 2.27. The Labute approximate surface area is 173 Å². The number of nitrogens with zero attached hydrogens (tertiary/aromatic N) is 7. The molecule has 1 saturated heterocycles. The van der Waals surface area contributed by atoms with Crippen molar-refractivity contribution in [2.45, 2.75) is 25.3 Å². The lowest BCUT2D eigenvalue weighted by atomic mass is 9.93. The van der Waals surface area contributed by atoms with E-state index in [2.05, 4.69) is 24.9 Å². The van der Waals surface area contributed by atoms with E-state index >= 15 is 0 Å². The Morgan fingerprint density at radius 2 is 1.93 bits per heavy atom. The number of imidazole rings is 1. The maximum absolute atomic E-state index is 13.0. The fraction of sp³-hybridized carbons (Fsp3) is 0.273. The number of carbonyl (C=O) groups is 1. The molecule has 1 fully saturated rings. The maximum Gasteiger partial charge on any atom is 0.255 e. The van der Waals surface area contributed by atoms with E-state index in [4.69, 9.17) is 0 Å². The zero-order valence-electron chi connectivity index (χ0n) is 16.4. The van der Waals surface area contributed by atoms with E-state index in [9.17, 15) is 4.79 Å². The van der Waals surface area contributed by atoms with Crippen molar-refractivity contribution < 1.29 is 4.79 Å². The third-order valence-corrected chi connectivity index (χ3v) is 5.58. The first-order chi connectivity index (χ1) is 14.8. The molecule has 0 unspecified atom stereocenters. The zero-order valence-corrected chi connectivity index (χ0v) is 16.4. The average molecular weight is 399 g/mol. The third-order valence-electron chi connectivity index (χ3n) is 5.58.